The number of hydrogen-bond acceptors (Lipinski definition) is 1. The highest BCUT2D eigenvalue weighted by molar-refractivity contribution is 5.66. The van der Waals surface area contributed by atoms with Crippen LogP contribution in [0.2, 0.25) is 0 Å². The van der Waals surface area contributed by atoms with E-state index in [1.165, 1.54) is 26.0 Å². The maximum atomic E-state index is 13.9. The third kappa shape index (κ3) is 3.80. The Morgan fingerprint density at radius 3 is 2.59 bits per heavy atom. The van der Waals surface area contributed by atoms with E-state index in [0.29, 0.717) is 18.4 Å². The van der Waals surface area contributed by atoms with E-state index in [1.54, 1.807) is 6.07 Å². The van der Waals surface area contributed by atoms with Crippen molar-refractivity contribution in [3.05, 3.63) is 35.1 Å². The average Bonchev–Trinajstić information content (AvgIpc) is 2.14. The first-order chi connectivity index (χ1) is 7.82. The SMILES string of the molecule is CC(C)(F)c1c(F)cccc1CCCC(=O)O. The van der Waals surface area contributed by atoms with Crippen molar-refractivity contribution in [2.75, 3.05) is 0 Å². The molecular formula is C13H16F2O2. The molecule has 0 aliphatic heterocycles. The number of rotatable bonds is 5. The first kappa shape index (κ1) is 13.6. The van der Waals surface area contributed by atoms with Crippen LogP contribution < -0.4 is 0 Å². The molecule has 0 aliphatic rings. The van der Waals surface area contributed by atoms with Crippen molar-refractivity contribution in [3.8, 4) is 0 Å². The molecule has 0 spiro atoms. The monoisotopic (exact) mass is 242 g/mol. The van der Waals surface area contributed by atoms with Gasteiger partial charge in [-0.15, -0.1) is 0 Å². The number of benzene rings is 1. The smallest absolute Gasteiger partial charge is 0.303 e. The fraction of sp³-hybridized carbons (Fsp3) is 0.462. The summed E-state index contributed by atoms with van der Waals surface area (Å²) in [5, 5.41) is 8.53. The lowest BCUT2D eigenvalue weighted by atomic mass is 9.91. The van der Waals surface area contributed by atoms with Gasteiger partial charge in [0.2, 0.25) is 0 Å². The van der Waals surface area contributed by atoms with E-state index < -0.39 is 17.5 Å². The second-order valence-corrected chi connectivity index (χ2v) is 4.49. The summed E-state index contributed by atoms with van der Waals surface area (Å²) in [6.07, 6.45) is 0.747. The van der Waals surface area contributed by atoms with Crippen molar-refractivity contribution in [1.82, 2.24) is 0 Å². The van der Waals surface area contributed by atoms with Crippen molar-refractivity contribution < 1.29 is 18.7 Å². The third-order valence-electron chi connectivity index (χ3n) is 2.53. The van der Waals surface area contributed by atoms with Crippen LogP contribution in [0.1, 0.15) is 37.8 Å². The highest BCUT2D eigenvalue weighted by atomic mass is 19.1. The van der Waals surface area contributed by atoms with Crippen LogP contribution in [0.3, 0.4) is 0 Å². The molecule has 0 bridgehead atoms. The zero-order chi connectivity index (χ0) is 13.1. The summed E-state index contributed by atoms with van der Waals surface area (Å²) in [7, 11) is 0. The summed E-state index contributed by atoms with van der Waals surface area (Å²) in [6, 6.07) is 4.37. The van der Waals surface area contributed by atoms with Gasteiger partial charge in [-0.1, -0.05) is 12.1 Å². The standard InChI is InChI=1S/C13H16F2O2/c1-13(2,15)12-9(5-3-7-10(12)14)6-4-8-11(16)17/h3,5,7H,4,6,8H2,1-2H3,(H,16,17). The Bertz CT molecular complexity index is 408. The molecule has 0 saturated heterocycles. The Kier molecular flexibility index (Phi) is 4.21. The van der Waals surface area contributed by atoms with Gasteiger partial charge in [-0.2, -0.15) is 0 Å². The lowest BCUT2D eigenvalue weighted by Crippen LogP contribution is -2.15. The molecule has 17 heavy (non-hydrogen) atoms. The number of carboxylic acid groups (broad SMARTS) is 1. The van der Waals surface area contributed by atoms with E-state index in [1.807, 2.05) is 0 Å². The van der Waals surface area contributed by atoms with Crippen LogP contribution >= 0.6 is 0 Å². The number of alkyl halides is 1. The zero-order valence-electron chi connectivity index (χ0n) is 9.96. The molecule has 1 aromatic carbocycles. The average molecular weight is 242 g/mol. The van der Waals surface area contributed by atoms with Gasteiger partial charge < -0.3 is 5.11 Å². The number of halogens is 2. The van der Waals surface area contributed by atoms with Gasteiger partial charge in [0.25, 0.3) is 0 Å². The molecule has 0 aromatic heterocycles. The lowest BCUT2D eigenvalue weighted by Gasteiger charge is -2.19. The van der Waals surface area contributed by atoms with Gasteiger partial charge in [0.05, 0.1) is 0 Å². The molecule has 0 fully saturated rings. The van der Waals surface area contributed by atoms with Crippen molar-refractivity contribution in [2.24, 2.45) is 0 Å². The molecule has 0 amide bonds. The molecule has 1 aromatic rings. The lowest BCUT2D eigenvalue weighted by molar-refractivity contribution is -0.137. The highest BCUT2D eigenvalue weighted by Crippen LogP contribution is 2.31. The molecule has 1 rings (SSSR count). The summed E-state index contributed by atoms with van der Waals surface area (Å²) in [4.78, 5) is 10.4. The van der Waals surface area contributed by atoms with Crippen LogP contribution in [-0.2, 0) is 16.9 Å². The number of hydrogen-bond donors (Lipinski definition) is 1. The minimum Gasteiger partial charge on any atom is -0.481 e. The second-order valence-electron chi connectivity index (χ2n) is 4.49. The Morgan fingerprint density at radius 2 is 2.06 bits per heavy atom. The van der Waals surface area contributed by atoms with Crippen molar-refractivity contribution in [1.29, 1.82) is 0 Å². The van der Waals surface area contributed by atoms with Crippen LogP contribution in [0, 0.1) is 5.82 Å². The van der Waals surface area contributed by atoms with Crippen LogP contribution in [0.5, 0.6) is 0 Å². The Morgan fingerprint density at radius 1 is 1.41 bits per heavy atom. The molecule has 2 nitrogen and oxygen atoms in total. The van der Waals surface area contributed by atoms with E-state index in [-0.39, 0.29) is 12.0 Å². The number of aliphatic carboxylic acids is 1. The molecule has 4 heteroatoms. The summed E-state index contributed by atoms with van der Waals surface area (Å²) < 4.78 is 27.4. The van der Waals surface area contributed by atoms with E-state index >= 15 is 0 Å². The van der Waals surface area contributed by atoms with Gasteiger partial charge >= 0.3 is 5.97 Å². The molecule has 0 aliphatic carbocycles. The Hall–Kier alpha value is -1.45. The van der Waals surface area contributed by atoms with Crippen LogP contribution in [0.15, 0.2) is 18.2 Å². The van der Waals surface area contributed by atoms with Gasteiger partial charge in [0.1, 0.15) is 11.5 Å². The van der Waals surface area contributed by atoms with Gasteiger partial charge in [-0.05, 0) is 38.3 Å². The predicted octanol–water partition coefficient (Wildman–Crippen LogP) is 3.44. The molecule has 0 unspecified atom stereocenters. The van der Waals surface area contributed by atoms with Gasteiger partial charge in [0.15, 0.2) is 0 Å². The molecule has 1 N–H and O–H groups in total. The molecule has 94 valence electrons. The first-order valence-electron chi connectivity index (χ1n) is 5.51. The Labute approximate surface area is 99.3 Å². The number of aryl methyl sites for hydroxylation is 1. The topological polar surface area (TPSA) is 37.3 Å². The fourth-order valence-electron chi connectivity index (χ4n) is 1.87. The first-order valence-corrected chi connectivity index (χ1v) is 5.51. The van der Waals surface area contributed by atoms with E-state index in [2.05, 4.69) is 0 Å². The molecule has 0 atom stereocenters. The van der Waals surface area contributed by atoms with Gasteiger partial charge in [-0.25, -0.2) is 8.78 Å². The maximum Gasteiger partial charge on any atom is 0.303 e. The van der Waals surface area contributed by atoms with E-state index in [9.17, 15) is 13.6 Å². The fourth-order valence-corrected chi connectivity index (χ4v) is 1.87. The molecular weight excluding hydrogens is 226 g/mol. The minimum atomic E-state index is -1.76. The summed E-state index contributed by atoms with van der Waals surface area (Å²) >= 11 is 0. The normalized spacial score (nSPS) is 11.5. The van der Waals surface area contributed by atoms with Crippen LogP contribution in [-0.4, -0.2) is 11.1 Å². The van der Waals surface area contributed by atoms with E-state index in [0.717, 1.165) is 0 Å². The highest BCUT2D eigenvalue weighted by Gasteiger charge is 2.26. The van der Waals surface area contributed by atoms with Crippen molar-refractivity contribution in [2.45, 2.75) is 38.8 Å². The summed E-state index contributed by atoms with van der Waals surface area (Å²) in [5.41, 5.74) is -1.19. The molecule has 0 heterocycles. The van der Waals surface area contributed by atoms with Gasteiger partial charge in [-0.3, -0.25) is 4.79 Å². The largest absolute Gasteiger partial charge is 0.481 e. The minimum absolute atomic E-state index is 0.00265. The Balaban J connectivity index is 2.92. The number of carboxylic acids is 1. The van der Waals surface area contributed by atoms with Crippen molar-refractivity contribution in [3.63, 3.8) is 0 Å². The third-order valence-corrected chi connectivity index (χ3v) is 2.53. The predicted molar refractivity (Wildman–Crippen MR) is 61.1 cm³/mol. The number of carbonyl (C=O) groups is 1. The maximum absolute atomic E-state index is 13.9. The summed E-state index contributed by atoms with van der Waals surface area (Å²) in [6.45, 7) is 2.60. The second kappa shape index (κ2) is 5.25. The summed E-state index contributed by atoms with van der Waals surface area (Å²) in [5.74, 6) is -1.48. The van der Waals surface area contributed by atoms with Crippen LogP contribution in [0.25, 0.3) is 0 Å². The zero-order valence-corrected chi connectivity index (χ0v) is 9.96. The molecule has 0 saturated carbocycles. The van der Waals surface area contributed by atoms with Crippen LogP contribution in [0.4, 0.5) is 8.78 Å². The van der Waals surface area contributed by atoms with Gasteiger partial charge in [0, 0.05) is 12.0 Å². The van der Waals surface area contributed by atoms with E-state index in [4.69, 9.17) is 5.11 Å². The quantitative estimate of drug-likeness (QED) is 0.858. The van der Waals surface area contributed by atoms with Crippen molar-refractivity contribution >= 4 is 5.97 Å². The molecule has 0 radical (unpaired) electrons.